The van der Waals surface area contributed by atoms with Gasteiger partial charge in [-0.15, -0.1) is 0 Å². The Morgan fingerprint density at radius 3 is 2.37 bits per heavy atom. The van der Waals surface area contributed by atoms with Gasteiger partial charge in [-0.3, -0.25) is 4.79 Å². The molecule has 1 aromatic rings. The Kier molecular flexibility index (Phi) is 3.89. The van der Waals surface area contributed by atoms with Crippen molar-refractivity contribution in [2.75, 3.05) is 19.3 Å². The summed E-state index contributed by atoms with van der Waals surface area (Å²) in [4.78, 5) is 13.6. The van der Waals surface area contributed by atoms with Crippen molar-refractivity contribution >= 4 is 15.7 Å². The van der Waals surface area contributed by atoms with Gasteiger partial charge in [0.2, 0.25) is 0 Å². The summed E-state index contributed by atoms with van der Waals surface area (Å²) in [5.74, 6) is -0.914. The summed E-state index contributed by atoms with van der Waals surface area (Å²) in [5, 5.41) is -0.392. The molecule has 0 N–H and O–H groups in total. The van der Waals surface area contributed by atoms with Crippen molar-refractivity contribution < 1.29 is 17.6 Å². The minimum atomic E-state index is -3.06. The van der Waals surface area contributed by atoms with E-state index >= 15 is 0 Å². The molecule has 1 aliphatic heterocycles. The number of nitrogens with zero attached hydrogens (tertiary/aromatic N) is 1. The number of benzene rings is 1. The van der Waals surface area contributed by atoms with Gasteiger partial charge in [0.1, 0.15) is 15.7 Å². The van der Waals surface area contributed by atoms with Crippen LogP contribution in [0.15, 0.2) is 24.3 Å². The van der Waals surface area contributed by atoms with Gasteiger partial charge in [0.25, 0.3) is 5.91 Å². The first-order chi connectivity index (χ1) is 8.89. The van der Waals surface area contributed by atoms with E-state index in [1.54, 1.807) is 6.07 Å². The highest BCUT2D eigenvalue weighted by atomic mass is 32.2. The minimum Gasteiger partial charge on any atom is -0.338 e. The van der Waals surface area contributed by atoms with E-state index in [0.717, 1.165) is 0 Å². The quantitative estimate of drug-likeness (QED) is 0.827. The molecule has 1 fully saturated rings. The average Bonchev–Trinajstić information content (AvgIpc) is 2.38. The lowest BCUT2D eigenvalue weighted by atomic mass is 10.1. The summed E-state index contributed by atoms with van der Waals surface area (Å²) in [5.41, 5.74) is 0.0419. The zero-order valence-electron chi connectivity index (χ0n) is 10.7. The molecule has 0 bridgehead atoms. The summed E-state index contributed by atoms with van der Waals surface area (Å²) in [6, 6.07) is 5.83. The molecule has 1 heterocycles. The number of sulfone groups is 1. The van der Waals surface area contributed by atoms with Crippen molar-refractivity contribution in [1.29, 1.82) is 0 Å². The lowest BCUT2D eigenvalue weighted by molar-refractivity contribution is 0.0721. The van der Waals surface area contributed by atoms with Crippen LogP contribution in [0.25, 0.3) is 0 Å². The number of rotatable bonds is 2. The Balaban J connectivity index is 2.07. The van der Waals surface area contributed by atoms with E-state index in [-0.39, 0.29) is 11.5 Å². The smallest absolute Gasteiger partial charge is 0.256 e. The van der Waals surface area contributed by atoms with Crippen LogP contribution in [0, 0.1) is 5.82 Å². The molecule has 6 heteroatoms. The SMILES string of the molecule is CS(=O)(=O)C1CCN(C(=O)c2ccccc2F)CC1. The number of carbonyl (C=O) groups is 1. The lowest BCUT2D eigenvalue weighted by Gasteiger charge is -2.31. The molecule has 1 saturated heterocycles. The molecule has 0 atom stereocenters. The third-order valence-electron chi connectivity index (χ3n) is 3.44. The molecule has 19 heavy (non-hydrogen) atoms. The average molecular weight is 285 g/mol. The highest BCUT2D eigenvalue weighted by Gasteiger charge is 2.29. The standard InChI is InChI=1S/C13H16FNO3S/c1-19(17,18)10-6-8-15(9-7-10)13(16)11-4-2-3-5-12(11)14/h2-5,10H,6-9H2,1H3. The summed E-state index contributed by atoms with van der Waals surface area (Å²) >= 11 is 0. The molecule has 0 radical (unpaired) electrons. The zero-order chi connectivity index (χ0) is 14.0. The summed E-state index contributed by atoms with van der Waals surface area (Å²) < 4.78 is 36.4. The molecule has 2 rings (SSSR count). The Bertz CT molecular complexity index is 577. The highest BCUT2D eigenvalue weighted by Crippen LogP contribution is 2.19. The van der Waals surface area contributed by atoms with E-state index < -0.39 is 20.9 Å². The number of hydrogen-bond acceptors (Lipinski definition) is 3. The predicted octanol–water partition coefficient (Wildman–Crippen LogP) is 1.47. The van der Waals surface area contributed by atoms with E-state index in [1.165, 1.54) is 29.4 Å². The van der Waals surface area contributed by atoms with Gasteiger partial charge < -0.3 is 4.90 Å². The van der Waals surface area contributed by atoms with Gasteiger partial charge in [0.15, 0.2) is 0 Å². The molecule has 104 valence electrons. The van der Waals surface area contributed by atoms with Crippen LogP contribution in [0.2, 0.25) is 0 Å². The van der Waals surface area contributed by atoms with Crippen molar-refractivity contribution in [1.82, 2.24) is 4.90 Å². The highest BCUT2D eigenvalue weighted by molar-refractivity contribution is 7.91. The zero-order valence-corrected chi connectivity index (χ0v) is 11.5. The Hall–Kier alpha value is -1.43. The van der Waals surface area contributed by atoms with Crippen LogP contribution in [0.5, 0.6) is 0 Å². The van der Waals surface area contributed by atoms with Crippen molar-refractivity contribution in [3.63, 3.8) is 0 Å². The largest absolute Gasteiger partial charge is 0.338 e. The fourth-order valence-corrected chi connectivity index (χ4v) is 3.36. The van der Waals surface area contributed by atoms with Crippen LogP contribution < -0.4 is 0 Å². The third-order valence-corrected chi connectivity index (χ3v) is 5.12. The van der Waals surface area contributed by atoms with Crippen LogP contribution in [-0.4, -0.2) is 43.8 Å². The van der Waals surface area contributed by atoms with E-state index in [0.29, 0.717) is 25.9 Å². The van der Waals surface area contributed by atoms with Crippen LogP contribution in [0.1, 0.15) is 23.2 Å². The molecule has 1 aromatic carbocycles. The maximum Gasteiger partial charge on any atom is 0.256 e. The number of amides is 1. The van der Waals surface area contributed by atoms with Gasteiger partial charge in [-0.2, -0.15) is 0 Å². The van der Waals surface area contributed by atoms with Crippen molar-refractivity contribution in [2.45, 2.75) is 18.1 Å². The summed E-state index contributed by atoms with van der Waals surface area (Å²) in [6.07, 6.45) is 2.05. The Morgan fingerprint density at radius 2 is 1.84 bits per heavy atom. The van der Waals surface area contributed by atoms with E-state index in [4.69, 9.17) is 0 Å². The van der Waals surface area contributed by atoms with Crippen LogP contribution in [-0.2, 0) is 9.84 Å². The number of piperidine rings is 1. The van der Waals surface area contributed by atoms with Crippen molar-refractivity contribution in [3.05, 3.63) is 35.6 Å². The first kappa shape index (κ1) is 14.0. The first-order valence-corrected chi connectivity index (χ1v) is 8.07. The second-order valence-electron chi connectivity index (χ2n) is 4.80. The fraction of sp³-hybridized carbons (Fsp3) is 0.462. The van der Waals surface area contributed by atoms with Crippen LogP contribution in [0.4, 0.5) is 4.39 Å². The van der Waals surface area contributed by atoms with Gasteiger partial charge in [0.05, 0.1) is 10.8 Å². The maximum absolute atomic E-state index is 13.5. The molecule has 0 aliphatic carbocycles. The maximum atomic E-state index is 13.5. The van der Waals surface area contributed by atoms with E-state index in [9.17, 15) is 17.6 Å². The predicted molar refractivity (Wildman–Crippen MR) is 70.2 cm³/mol. The Morgan fingerprint density at radius 1 is 1.26 bits per heavy atom. The second-order valence-corrected chi connectivity index (χ2v) is 7.13. The second kappa shape index (κ2) is 5.28. The molecule has 0 aromatic heterocycles. The monoisotopic (exact) mass is 285 g/mol. The molecule has 4 nitrogen and oxygen atoms in total. The lowest BCUT2D eigenvalue weighted by Crippen LogP contribution is -2.42. The summed E-state index contributed by atoms with van der Waals surface area (Å²) in [6.45, 7) is 0.704. The van der Waals surface area contributed by atoms with Crippen molar-refractivity contribution in [3.8, 4) is 0 Å². The van der Waals surface area contributed by atoms with E-state index in [1.807, 2.05) is 0 Å². The third kappa shape index (κ3) is 3.12. The van der Waals surface area contributed by atoms with Crippen molar-refractivity contribution in [2.24, 2.45) is 0 Å². The number of likely N-dealkylation sites (tertiary alicyclic amines) is 1. The number of carbonyl (C=O) groups excluding carboxylic acids is 1. The minimum absolute atomic E-state index is 0.0419. The fourth-order valence-electron chi connectivity index (χ4n) is 2.29. The van der Waals surface area contributed by atoms with Gasteiger partial charge >= 0.3 is 0 Å². The normalized spacial score (nSPS) is 17.5. The van der Waals surface area contributed by atoms with Gasteiger partial charge in [-0.05, 0) is 25.0 Å². The molecule has 0 spiro atoms. The van der Waals surface area contributed by atoms with Gasteiger partial charge in [-0.25, -0.2) is 12.8 Å². The van der Waals surface area contributed by atoms with Crippen LogP contribution in [0.3, 0.4) is 0 Å². The van der Waals surface area contributed by atoms with E-state index in [2.05, 4.69) is 0 Å². The molecule has 0 saturated carbocycles. The summed E-state index contributed by atoms with van der Waals surface area (Å²) in [7, 11) is -3.06. The molecule has 1 aliphatic rings. The molecule has 1 amide bonds. The number of halogens is 1. The van der Waals surface area contributed by atoms with Gasteiger partial charge in [0, 0.05) is 19.3 Å². The molecule has 0 unspecified atom stereocenters. The number of hydrogen-bond donors (Lipinski definition) is 0. The molecular formula is C13H16FNO3S. The molecular weight excluding hydrogens is 269 g/mol. The topological polar surface area (TPSA) is 54.5 Å². The van der Waals surface area contributed by atoms with Gasteiger partial charge in [-0.1, -0.05) is 12.1 Å². The Labute approximate surface area is 112 Å². The first-order valence-electron chi connectivity index (χ1n) is 6.12. The van der Waals surface area contributed by atoms with Crippen LogP contribution >= 0.6 is 0 Å².